The van der Waals surface area contributed by atoms with Crippen LogP contribution in [0.25, 0.3) is 0 Å². The van der Waals surface area contributed by atoms with Crippen LogP contribution in [-0.2, 0) is 0 Å². The molecule has 3 heteroatoms. The van der Waals surface area contributed by atoms with Crippen molar-refractivity contribution in [3.63, 3.8) is 0 Å². The number of hydrogen-bond donors (Lipinski definition) is 1. The molecule has 72 valence electrons. The molecule has 0 radical (unpaired) electrons. The van der Waals surface area contributed by atoms with Crippen LogP contribution < -0.4 is 14.8 Å². The largest absolute Gasteiger partial charge is 0.493 e. The number of likely N-dealkylation sites (N-methyl/N-ethyl adjacent to an activating group) is 1. The monoisotopic (exact) mass is 181 g/mol. The van der Waals surface area contributed by atoms with E-state index in [0.29, 0.717) is 6.61 Å². The van der Waals surface area contributed by atoms with Crippen molar-refractivity contribution in [1.82, 2.24) is 5.32 Å². The minimum absolute atomic E-state index is 0.650. The van der Waals surface area contributed by atoms with Crippen LogP contribution in [0.5, 0.6) is 11.5 Å². The fourth-order valence-corrected chi connectivity index (χ4v) is 1.00. The van der Waals surface area contributed by atoms with Gasteiger partial charge in [0.1, 0.15) is 6.61 Å². The van der Waals surface area contributed by atoms with Gasteiger partial charge in [-0.1, -0.05) is 12.1 Å². The van der Waals surface area contributed by atoms with Crippen molar-refractivity contribution in [1.29, 1.82) is 0 Å². The summed E-state index contributed by atoms with van der Waals surface area (Å²) in [4.78, 5) is 0. The highest BCUT2D eigenvalue weighted by atomic mass is 16.5. The third kappa shape index (κ3) is 2.95. The molecule has 3 nitrogen and oxygen atoms in total. The van der Waals surface area contributed by atoms with Crippen molar-refractivity contribution in [3.05, 3.63) is 24.3 Å². The highest BCUT2D eigenvalue weighted by molar-refractivity contribution is 5.39. The highest BCUT2D eigenvalue weighted by Crippen LogP contribution is 2.25. The summed E-state index contributed by atoms with van der Waals surface area (Å²) >= 11 is 0. The van der Waals surface area contributed by atoms with E-state index in [-0.39, 0.29) is 0 Å². The van der Waals surface area contributed by atoms with Crippen LogP contribution in [0, 0.1) is 0 Å². The van der Waals surface area contributed by atoms with Gasteiger partial charge in [-0.15, -0.1) is 0 Å². The van der Waals surface area contributed by atoms with Crippen LogP contribution in [0.1, 0.15) is 0 Å². The van der Waals surface area contributed by atoms with Crippen molar-refractivity contribution in [3.8, 4) is 11.5 Å². The van der Waals surface area contributed by atoms with Gasteiger partial charge < -0.3 is 14.8 Å². The molecule has 1 N–H and O–H groups in total. The Balaban J connectivity index is 2.54. The van der Waals surface area contributed by atoms with Crippen molar-refractivity contribution >= 4 is 0 Å². The third-order valence-corrected chi connectivity index (χ3v) is 1.68. The Hall–Kier alpha value is -1.22. The molecule has 0 saturated heterocycles. The second kappa shape index (κ2) is 5.43. The molecule has 0 aliphatic carbocycles. The van der Waals surface area contributed by atoms with Crippen LogP contribution >= 0.6 is 0 Å². The molecule has 0 unspecified atom stereocenters. The third-order valence-electron chi connectivity index (χ3n) is 1.68. The normalized spacial score (nSPS) is 9.69. The molecular formula is C10H15NO2. The van der Waals surface area contributed by atoms with Gasteiger partial charge in [0.25, 0.3) is 0 Å². The van der Waals surface area contributed by atoms with Gasteiger partial charge in [0, 0.05) is 6.54 Å². The quantitative estimate of drug-likeness (QED) is 0.694. The van der Waals surface area contributed by atoms with E-state index in [1.807, 2.05) is 31.3 Å². The van der Waals surface area contributed by atoms with Crippen LogP contribution in [0.15, 0.2) is 24.3 Å². The second-order valence-corrected chi connectivity index (χ2v) is 2.60. The molecule has 0 atom stereocenters. The molecule has 1 aromatic rings. The number of para-hydroxylation sites is 2. The average Bonchev–Trinajstić information content (AvgIpc) is 2.19. The lowest BCUT2D eigenvalue weighted by Gasteiger charge is -2.09. The van der Waals surface area contributed by atoms with Gasteiger partial charge in [-0.2, -0.15) is 0 Å². The Morgan fingerprint density at radius 3 is 2.54 bits per heavy atom. The van der Waals surface area contributed by atoms with Crippen molar-refractivity contribution in [2.45, 2.75) is 0 Å². The molecule has 0 heterocycles. The lowest BCUT2D eigenvalue weighted by molar-refractivity contribution is 0.295. The molecule has 1 aromatic carbocycles. The summed E-state index contributed by atoms with van der Waals surface area (Å²) in [5.74, 6) is 1.57. The topological polar surface area (TPSA) is 30.5 Å². The number of methoxy groups -OCH3 is 1. The van der Waals surface area contributed by atoms with E-state index in [1.165, 1.54) is 0 Å². The van der Waals surface area contributed by atoms with E-state index in [9.17, 15) is 0 Å². The van der Waals surface area contributed by atoms with E-state index in [0.717, 1.165) is 18.0 Å². The fraction of sp³-hybridized carbons (Fsp3) is 0.400. The number of rotatable bonds is 5. The molecule has 0 aliphatic rings. The van der Waals surface area contributed by atoms with Crippen LogP contribution in [0.4, 0.5) is 0 Å². The summed E-state index contributed by atoms with van der Waals surface area (Å²) in [5.41, 5.74) is 0. The Morgan fingerprint density at radius 2 is 1.92 bits per heavy atom. The summed E-state index contributed by atoms with van der Waals surface area (Å²) in [5, 5.41) is 3.01. The molecule has 0 fully saturated rings. The van der Waals surface area contributed by atoms with Gasteiger partial charge in [0.2, 0.25) is 0 Å². The Bertz CT molecular complexity index is 250. The van der Waals surface area contributed by atoms with E-state index in [1.54, 1.807) is 7.11 Å². The minimum Gasteiger partial charge on any atom is -0.493 e. The number of hydrogen-bond acceptors (Lipinski definition) is 3. The first-order chi connectivity index (χ1) is 6.38. The van der Waals surface area contributed by atoms with Gasteiger partial charge >= 0.3 is 0 Å². The van der Waals surface area contributed by atoms with Crippen molar-refractivity contribution in [2.75, 3.05) is 27.3 Å². The van der Waals surface area contributed by atoms with Crippen LogP contribution in [-0.4, -0.2) is 27.3 Å². The summed E-state index contributed by atoms with van der Waals surface area (Å²) < 4.78 is 10.6. The van der Waals surface area contributed by atoms with E-state index < -0.39 is 0 Å². The Labute approximate surface area is 78.7 Å². The zero-order valence-corrected chi connectivity index (χ0v) is 8.04. The first-order valence-corrected chi connectivity index (χ1v) is 4.29. The standard InChI is InChI=1S/C10H15NO2/c1-11-7-8-13-10-6-4-3-5-9(10)12-2/h3-6,11H,7-8H2,1-2H3. The zero-order chi connectivity index (χ0) is 9.52. The van der Waals surface area contributed by atoms with Gasteiger partial charge in [0.15, 0.2) is 11.5 Å². The molecule has 0 spiro atoms. The summed E-state index contributed by atoms with van der Waals surface area (Å²) in [6, 6.07) is 7.63. The SMILES string of the molecule is CNCCOc1ccccc1OC. The zero-order valence-electron chi connectivity index (χ0n) is 8.04. The van der Waals surface area contributed by atoms with Gasteiger partial charge in [-0.05, 0) is 19.2 Å². The van der Waals surface area contributed by atoms with Crippen LogP contribution in [0.3, 0.4) is 0 Å². The van der Waals surface area contributed by atoms with E-state index in [2.05, 4.69) is 5.32 Å². The highest BCUT2D eigenvalue weighted by Gasteiger charge is 2.00. The molecule has 1 rings (SSSR count). The number of ether oxygens (including phenoxy) is 2. The molecule has 0 bridgehead atoms. The minimum atomic E-state index is 0.650. The summed E-state index contributed by atoms with van der Waals surface area (Å²) in [6.45, 7) is 1.48. The maximum absolute atomic E-state index is 5.48. The molecule has 0 amide bonds. The first kappa shape index (κ1) is 9.86. The summed E-state index contributed by atoms with van der Waals surface area (Å²) in [6.07, 6.45) is 0. The average molecular weight is 181 g/mol. The molecule has 0 aliphatic heterocycles. The fourth-order valence-electron chi connectivity index (χ4n) is 1.00. The number of nitrogens with one attached hydrogen (secondary N) is 1. The van der Waals surface area contributed by atoms with Crippen LogP contribution in [0.2, 0.25) is 0 Å². The lowest BCUT2D eigenvalue weighted by Crippen LogP contribution is -2.16. The van der Waals surface area contributed by atoms with Gasteiger partial charge in [0.05, 0.1) is 7.11 Å². The lowest BCUT2D eigenvalue weighted by atomic mass is 10.3. The van der Waals surface area contributed by atoms with E-state index >= 15 is 0 Å². The Morgan fingerprint density at radius 1 is 1.23 bits per heavy atom. The molecule has 13 heavy (non-hydrogen) atoms. The second-order valence-electron chi connectivity index (χ2n) is 2.60. The molecule has 0 aromatic heterocycles. The summed E-state index contributed by atoms with van der Waals surface area (Å²) in [7, 11) is 3.53. The van der Waals surface area contributed by atoms with Gasteiger partial charge in [-0.3, -0.25) is 0 Å². The molecular weight excluding hydrogens is 166 g/mol. The van der Waals surface area contributed by atoms with Gasteiger partial charge in [-0.25, -0.2) is 0 Å². The maximum atomic E-state index is 5.48. The maximum Gasteiger partial charge on any atom is 0.161 e. The smallest absolute Gasteiger partial charge is 0.161 e. The van der Waals surface area contributed by atoms with Crippen molar-refractivity contribution in [2.24, 2.45) is 0 Å². The first-order valence-electron chi connectivity index (χ1n) is 4.29. The molecule has 0 saturated carbocycles. The predicted octanol–water partition coefficient (Wildman–Crippen LogP) is 1.29. The number of benzene rings is 1. The Kier molecular flexibility index (Phi) is 4.12. The predicted molar refractivity (Wildman–Crippen MR) is 52.4 cm³/mol. The van der Waals surface area contributed by atoms with Crippen molar-refractivity contribution < 1.29 is 9.47 Å². The van der Waals surface area contributed by atoms with E-state index in [4.69, 9.17) is 9.47 Å².